The molecule has 0 radical (unpaired) electrons. The second kappa shape index (κ2) is 10.0. The molecule has 4 nitrogen and oxygen atoms in total. The van der Waals surface area contributed by atoms with Gasteiger partial charge in [0.15, 0.2) is 0 Å². The first-order valence-electron chi connectivity index (χ1n) is 9.26. The second-order valence-corrected chi connectivity index (χ2v) is 6.86. The highest BCUT2D eigenvalue weighted by atomic mass is 16.5. The average Bonchev–Trinajstić information content (AvgIpc) is 2.57. The van der Waals surface area contributed by atoms with Gasteiger partial charge in [-0.3, -0.25) is 4.90 Å². The molecule has 3 atom stereocenters. The summed E-state index contributed by atoms with van der Waals surface area (Å²) in [6.45, 7) is 13.6. The monoisotopic (exact) mass is 335 g/mol. The third-order valence-corrected chi connectivity index (χ3v) is 4.60. The van der Waals surface area contributed by atoms with E-state index in [2.05, 4.69) is 56.9 Å². The number of hydrogen-bond acceptors (Lipinski definition) is 4. The van der Waals surface area contributed by atoms with Crippen molar-refractivity contribution in [1.29, 1.82) is 0 Å². The van der Waals surface area contributed by atoms with Crippen LogP contribution in [0.2, 0.25) is 0 Å². The predicted molar refractivity (Wildman–Crippen MR) is 97.9 cm³/mol. The zero-order valence-corrected chi connectivity index (χ0v) is 15.7. The highest BCUT2D eigenvalue weighted by Gasteiger charge is 2.21. The predicted octanol–water partition coefficient (Wildman–Crippen LogP) is 3.70. The van der Waals surface area contributed by atoms with Crippen LogP contribution < -0.4 is 4.74 Å². The molecule has 1 aliphatic heterocycles. The van der Waals surface area contributed by atoms with Crippen LogP contribution in [0.5, 0.6) is 5.75 Å². The Bertz CT molecular complexity index is 452. The van der Waals surface area contributed by atoms with Crippen molar-refractivity contribution in [2.24, 2.45) is 0 Å². The molecule has 1 aromatic carbocycles. The molecule has 0 aliphatic carbocycles. The Balaban J connectivity index is 1.56. The lowest BCUT2D eigenvalue weighted by Gasteiger charge is -2.35. The minimum absolute atomic E-state index is 0.315. The van der Waals surface area contributed by atoms with Crippen molar-refractivity contribution in [3.05, 3.63) is 29.8 Å². The van der Waals surface area contributed by atoms with Gasteiger partial charge in [-0.1, -0.05) is 26.0 Å². The van der Waals surface area contributed by atoms with Crippen molar-refractivity contribution in [1.82, 2.24) is 4.90 Å². The Labute approximate surface area is 147 Å². The normalized spacial score (nSPS) is 23.2. The maximum atomic E-state index is 5.74. The van der Waals surface area contributed by atoms with E-state index in [0.717, 1.165) is 38.4 Å². The van der Waals surface area contributed by atoms with Crippen molar-refractivity contribution in [3.8, 4) is 5.75 Å². The van der Waals surface area contributed by atoms with Crippen LogP contribution in [0.1, 0.15) is 45.6 Å². The fourth-order valence-electron chi connectivity index (χ4n) is 3.11. The summed E-state index contributed by atoms with van der Waals surface area (Å²) in [5.41, 5.74) is 1.37. The molecule has 2 rings (SSSR count). The van der Waals surface area contributed by atoms with Crippen LogP contribution in [0.25, 0.3) is 0 Å². The van der Waals surface area contributed by atoms with Gasteiger partial charge in [0, 0.05) is 19.6 Å². The van der Waals surface area contributed by atoms with E-state index in [1.54, 1.807) is 0 Å². The van der Waals surface area contributed by atoms with Crippen LogP contribution in [0.4, 0.5) is 0 Å². The molecule has 0 unspecified atom stereocenters. The zero-order valence-electron chi connectivity index (χ0n) is 15.7. The maximum absolute atomic E-state index is 5.74. The van der Waals surface area contributed by atoms with Crippen LogP contribution in [-0.2, 0) is 9.47 Å². The molecular formula is C20H33NO3. The first-order chi connectivity index (χ1) is 11.6. The smallest absolute Gasteiger partial charge is 0.119 e. The van der Waals surface area contributed by atoms with Crippen molar-refractivity contribution >= 4 is 0 Å². The molecule has 0 amide bonds. The van der Waals surface area contributed by atoms with Gasteiger partial charge in [0.25, 0.3) is 0 Å². The molecule has 1 heterocycles. The Morgan fingerprint density at radius 1 is 1.08 bits per heavy atom. The summed E-state index contributed by atoms with van der Waals surface area (Å²) < 4.78 is 17.2. The van der Waals surface area contributed by atoms with Gasteiger partial charge in [-0.25, -0.2) is 0 Å². The summed E-state index contributed by atoms with van der Waals surface area (Å²) in [5.74, 6) is 1.52. The fourth-order valence-corrected chi connectivity index (χ4v) is 3.11. The molecular weight excluding hydrogens is 302 g/mol. The maximum Gasteiger partial charge on any atom is 0.119 e. The Kier molecular flexibility index (Phi) is 8.03. The van der Waals surface area contributed by atoms with E-state index in [1.165, 1.54) is 5.56 Å². The van der Waals surface area contributed by atoms with Crippen LogP contribution >= 0.6 is 0 Å². The molecule has 4 heteroatoms. The van der Waals surface area contributed by atoms with Crippen LogP contribution in [0.15, 0.2) is 24.3 Å². The lowest BCUT2D eigenvalue weighted by atomic mass is 9.99. The topological polar surface area (TPSA) is 30.9 Å². The van der Waals surface area contributed by atoms with Crippen molar-refractivity contribution in [2.45, 2.75) is 52.2 Å². The molecule has 0 bridgehead atoms. The highest BCUT2D eigenvalue weighted by Crippen LogP contribution is 2.21. The summed E-state index contributed by atoms with van der Waals surface area (Å²) in [7, 11) is 0. The summed E-state index contributed by atoms with van der Waals surface area (Å²) in [6.07, 6.45) is 1.79. The SMILES string of the molecule is CC[C@H](C)c1ccc(OCCOCCN2C[C@@H](C)O[C@H](C)C2)cc1. The Morgan fingerprint density at radius 2 is 1.75 bits per heavy atom. The van der Waals surface area contributed by atoms with Crippen LogP contribution in [-0.4, -0.2) is 56.6 Å². The number of benzene rings is 1. The Hall–Kier alpha value is -1.10. The minimum atomic E-state index is 0.315. The zero-order chi connectivity index (χ0) is 17.4. The third kappa shape index (κ3) is 6.42. The second-order valence-electron chi connectivity index (χ2n) is 6.86. The molecule has 0 saturated carbocycles. The molecule has 136 valence electrons. The average molecular weight is 335 g/mol. The molecule has 1 aliphatic rings. The van der Waals surface area contributed by atoms with Crippen molar-refractivity contribution in [2.75, 3.05) is 39.5 Å². The van der Waals surface area contributed by atoms with Gasteiger partial charge in [-0.2, -0.15) is 0 Å². The number of morpholine rings is 1. The summed E-state index contributed by atoms with van der Waals surface area (Å²) in [5, 5.41) is 0. The van der Waals surface area contributed by atoms with Crippen molar-refractivity contribution in [3.63, 3.8) is 0 Å². The molecule has 0 aromatic heterocycles. The molecule has 0 spiro atoms. The van der Waals surface area contributed by atoms with E-state index in [9.17, 15) is 0 Å². The first kappa shape index (κ1) is 19.2. The number of ether oxygens (including phenoxy) is 3. The standard InChI is InChI=1S/C20H33NO3/c1-5-16(2)19-6-8-20(9-7-19)23-13-12-22-11-10-21-14-17(3)24-18(4)15-21/h6-9,16-18H,5,10-15H2,1-4H3/t16-,17+,18+/m0/s1. The van der Waals surface area contributed by atoms with Gasteiger partial charge >= 0.3 is 0 Å². The number of hydrogen-bond donors (Lipinski definition) is 0. The Morgan fingerprint density at radius 3 is 2.38 bits per heavy atom. The summed E-state index contributed by atoms with van der Waals surface area (Å²) in [4.78, 5) is 2.41. The van der Waals surface area contributed by atoms with Gasteiger partial charge in [-0.15, -0.1) is 0 Å². The minimum Gasteiger partial charge on any atom is -0.491 e. The highest BCUT2D eigenvalue weighted by molar-refractivity contribution is 5.29. The van der Waals surface area contributed by atoms with E-state index < -0.39 is 0 Å². The number of rotatable bonds is 9. The quantitative estimate of drug-likeness (QED) is 0.644. The summed E-state index contributed by atoms with van der Waals surface area (Å²) in [6, 6.07) is 8.42. The van der Waals surface area contributed by atoms with Gasteiger partial charge < -0.3 is 14.2 Å². The lowest BCUT2D eigenvalue weighted by molar-refractivity contribution is -0.0734. The molecule has 1 saturated heterocycles. The van der Waals surface area contributed by atoms with Gasteiger partial charge in [0.1, 0.15) is 12.4 Å². The van der Waals surface area contributed by atoms with E-state index in [0.29, 0.717) is 31.3 Å². The van der Waals surface area contributed by atoms with Gasteiger partial charge in [0.05, 0.1) is 25.4 Å². The summed E-state index contributed by atoms with van der Waals surface area (Å²) >= 11 is 0. The molecule has 0 N–H and O–H groups in total. The van der Waals surface area contributed by atoms with Crippen molar-refractivity contribution < 1.29 is 14.2 Å². The molecule has 1 fully saturated rings. The van der Waals surface area contributed by atoms with Gasteiger partial charge in [0.2, 0.25) is 0 Å². The molecule has 24 heavy (non-hydrogen) atoms. The van der Waals surface area contributed by atoms with Crippen LogP contribution in [0.3, 0.4) is 0 Å². The van der Waals surface area contributed by atoms with E-state index in [4.69, 9.17) is 14.2 Å². The fraction of sp³-hybridized carbons (Fsp3) is 0.700. The van der Waals surface area contributed by atoms with Crippen LogP contribution in [0, 0.1) is 0 Å². The largest absolute Gasteiger partial charge is 0.491 e. The van der Waals surface area contributed by atoms with E-state index in [1.807, 2.05) is 0 Å². The van der Waals surface area contributed by atoms with E-state index >= 15 is 0 Å². The lowest BCUT2D eigenvalue weighted by Crippen LogP contribution is -2.46. The third-order valence-electron chi connectivity index (χ3n) is 4.60. The van der Waals surface area contributed by atoms with Gasteiger partial charge in [-0.05, 0) is 43.9 Å². The first-order valence-corrected chi connectivity index (χ1v) is 9.26. The number of nitrogens with zero attached hydrogens (tertiary/aromatic N) is 1. The molecule has 1 aromatic rings. The van der Waals surface area contributed by atoms with E-state index in [-0.39, 0.29) is 0 Å².